The summed E-state index contributed by atoms with van der Waals surface area (Å²) in [5.74, 6) is -2.95. The van der Waals surface area contributed by atoms with E-state index in [1.807, 2.05) is 18.0 Å². The summed E-state index contributed by atoms with van der Waals surface area (Å²) < 4.78 is 39.3. The second-order valence-electron chi connectivity index (χ2n) is 9.06. The van der Waals surface area contributed by atoms with Crippen LogP contribution in [-0.4, -0.2) is 83.6 Å². The molecule has 4 rings (SSSR count). The minimum atomic E-state index is -1.22. The maximum Gasteiger partial charge on any atom is 0.337 e. The van der Waals surface area contributed by atoms with Gasteiger partial charge in [0.15, 0.2) is 23.1 Å². The van der Waals surface area contributed by atoms with Crippen molar-refractivity contribution >= 4 is 28.7 Å². The van der Waals surface area contributed by atoms with E-state index in [-0.39, 0.29) is 39.6 Å². The van der Waals surface area contributed by atoms with Gasteiger partial charge >= 0.3 is 5.97 Å². The number of rotatable bonds is 8. The number of anilines is 1. The number of aromatic nitrogens is 3. The maximum atomic E-state index is 14.7. The summed E-state index contributed by atoms with van der Waals surface area (Å²) in [4.78, 5) is 38.3. The SMILES string of the molecule is CN(CC(=O)N(C)C)Cc1ccc(N)nc1.COc1cc(OC)c(F)c(-c2ccc(C(=O)O)c3nccnc23)c1F. The molecule has 2 aromatic heterocycles. The van der Waals surface area contributed by atoms with E-state index in [1.165, 1.54) is 38.7 Å². The lowest BCUT2D eigenvalue weighted by Gasteiger charge is -2.18. The first-order chi connectivity index (χ1) is 19.5. The smallest absolute Gasteiger partial charge is 0.337 e. The Kier molecular flexibility index (Phi) is 10.0. The van der Waals surface area contributed by atoms with E-state index in [2.05, 4.69) is 15.0 Å². The maximum absolute atomic E-state index is 14.7. The van der Waals surface area contributed by atoms with Crippen molar-refractivity contribution in [1.29, 1.82) is 0 Å². The standard InChI is InChI=1S/C17H12F2N2O4.C11H18N4O/c1-24-10-7-11(25-2)14(19)12(13(10)18)8-3-4-9(17(22)23)16-15(8)20-5-6-21-16;1-14(2)11(16)8-15(3)7-9-4-5-10(12)13-6-9/h3-7H,1-2H3,(H,22,23);4-6H,7-8H2,1-3H3,(H2,12,13). The second kappa shape index (κ2) is 13.4. The van der Waals surface area contributed by atoms with Gasteiger partial charge in [0.1, 0.15) is 11.3 Å². The molecule has 0 atom stereocenters. The van der Waals surface area contributed by atoms with E-state index in [9.17, 15) is 23.5 Å². The predicted octanol–water partition coefficient (Wildman–Crippen LogP) is 3.47. The molecule has 11 nitrogen and oxygen atoms in total. The molecule has 0 saturated heterocycles. The zero-order chi connectivity index (χ0) is 30.3. The number of hydrogen-bond donors (Lipinski definition) is 2. The Morgan fingerprint density at radius 3 is 2.05 bits per heavy atom. The van der Waals surface area contributed by atoms with Crippen molar-refractivity contribution < 1.29 is 33.0 Å². The van der Waals surface area contributed by atoms with Gasteiger partial charge in [-0.25, -0.2) is 18.6 Å². The molecule has 1 amide bonds. The van der Waals surface area contributed by atoms with Gasteiger partial charge in [0.2, 0.25) is 5.91 Å². The monoisotopic (exact) mass is 568 g/mol. The summed E-state index contributed by atoms with van der Waals surface area (Å²) in [5, 5.41) is 9.26. The highest BCUT2D eigenvalue weighted by atomic mass is 19.1. The first kappa shape index (κ1) is 30.6. The van der Waals surface area contributed by atoms with Gasteiger partial charge in [0, 0.05) is 50.9 Å². The fourth-order valence-electron chi connectivity index (χ4n) is 3.82. The lowest BCUT2D eigenvalue weighted by atomic mass is 9.99. The van der Waals surface area contributed by atoms with Crippen LogP contribution in [0.15, 0.2) is 48.9 Å². The van der Waals surface area contributed by atoms with Crippen molar-refractivity contribution in [3.05, 3.63) is 71.7 Å². The Morgan fingerprint density at radius 1 is 0.927 bits per heavy atom. The minimum absolute atomic E-state index is 0.0214. The Morgan fingerprint density at radius 2 is 1.54 bits per heavy atom. The Labute approximate surface area is 235 Å². The first-order valence-electron chi connectivity index (χ1n) is 12.1. The van der Waals surface area contributed by atoms with Crippen LogP contribution in [0.1, 0.15) is 15.9 Å². The molecule has 0 aliphatic carbocycles. The molecular formula is C28H30F2N6O5. The summed E-state index contributed by atoms with van der Waals surface area (Å²) in [6.45, 7) is 1.09. The van der Waals surface area contributed by atoms with Gasteiger partial charge < -0.3 is 25.2 Å². The molecule has 2 heterocycles. The van der Waals surface area contributed by atoms with Gasteiger partial charge in [-0.1, -0.05) is 12.1 Å². The molecule has 4 aromatic rings. The topological polar surface area (TPSA) is 144 Å². The summed E-state index contributed by atoms with van der Waals surface area (Å²) in [6, 6.07) is 7.27. The van der Waals surface area contributed by atoms with Crippen LogP contribution in [0, 0.1) is 11.6 Å². The summed E-state index contributed by atoms with van der Waals surface area (Å²) >= 11 is 0. The number of nitrogens with two attached hydrogens (primary N) is 1. The second-order valence-corrected chi connectivity index (χ2v) is 9.06. The number of carbonyl (C=O) groups is 2. The van der Waals surface area contributed by atoms with Crippen LogP contribution in [0.25, 0.3) is 22.2 Å². The van der Waals surface area contributed by atoms with Crippen LogP contribution in [0.4, 0.5) is 14.6 Å². The van der Waals surface area contributed by atoms with Gasteiger partial charge in [0.25, 0.3) is 0 Å². The molecule has 3 N–H and O–H groups in total. The van der Waals surface area contributed by atoms with E-state index in [0.29, 0.717) is 18.9 Å². The minimum Gasteiger partial charge on any atom is -0.494 e. The third-order valence-electron chi connectivity index (χ3n) is 5.90. The Hall–Kier alpha value is -4.91. The number of nitrogen functional groups attached to an aromatic ring is 1. The van der Waals surface area contributed by atoms with Crippen molar-refractivity contribution in [2.45, 2.75) is 6.54 Å². The van der Waals surface area contributed by atoms with Crippen LogP contribution in [0.5, 0.6) is 11.5 Å². The third-order valence-corrected chi connectivity index (χ3v) is 5.90. The van der Waals surface area contributed by atoms with Gasteiger partial charge in [-0.3, -0.25) is 19.7 Å². The van der Waals surface area contributed by atoms with E-state index in [0.717, 1.165) is 11.6 Å². The average Bonchev–Trinajstić information content (AvgIpc) is 2.94. The fraction of sp³-hybridized carbons (Fsp3) is 0.250. The summed E-state index contributed by atoms with van der Waals surface area (Å²) in [5.41, 5.74) is 6.10. The molecule has 216 valence electrons. The molecule has 0 spiro atoms. The zero-order valence-electron chi connectivity index (χ0n) is 23.2. The molecule has 0 unspecified atom stereocenters. The number of fused-ring (bicyclic) bond motifs is 1. The van der Waals surface area contributed by atoms with Gasteiger partial charge in [0.05, 0.1) is 37.4 Å². The van der Waals surface area contributed by atoms with E-state index in [1.54, 1.807) is 31.3 Å². The number of aromatic carboxylic acids is 1. The zero-order valence-corrected chi connectivity index (χ0v) is 23.2. The lowest BCUT2D eigenvalue weighted by Crippen LogP contribution is -2.34. The normalized spacial score (nSPS) is 10.6. The number of amides is 1. The quantitative estimate of drug-likeness (QED) is 0.324. The molecule has 41 heavy (non-hydrogen) atoms. The number of halogens is 2. The van der Waals surface area contributed by atoms with Crippen LogP contribution in [-0.2, 0) is 11.3 Å². The first-order valence-corrected chi connectivity index (χ1v) is 12.1. The lowest BCUT2D eigenvalue weighted by molar-refractivity contribution is -0.129. The van der Waals surface area contributed by atoms with Gasteiger partial charge in [-0.15, -0.1) is 0 Å². The molecule has 0 bridgehead atoms. The van der Waals surface area contributed by atoms with Crippen molar-refractivity contribution in [3.8, 4) is 22.6 Å². The highest BCUT2D eigenvalue weighted by molar-refractivity contribution is 6.05. The molecule has 2 aromatic carbocycles. The van der Waals surface area contributed by atoms with E-state index >= 15 is 0 Å². The number of hydrogen-bond acceptors (Lipinski definition) is 9. The van der Waals surface area contributed by atoms with Gasteiger partial charge in [-0.2, -0.15) is 0 Å². The number of benzene rings is 2. The molecule has 0 fully saturated rings. The number of methoxy groups -OCH3 is 2. The van der Waals surface area contributed by atoms with Crippen molar-refractivity contribution in [2.24, 2.45) is 0 Å². The molecule has 0 aliphatic heterocycles. The average molecular weight is 569 g/mol. The number of likely N-dealkylation sites (N-methyl/N-ethyl adjacent to an activating group) is 2. The van der Waals surface area contributed by atoms with E-state index < -0.39 is 23.2 Å². The van der Waals surface area contributed by atoms with Crippen molar-refractivity contribution in [1.82, 2.24) is 24.8 Å². The largest absolute Gasteiger partial charge is 0.494 e. The number of carbonyl (C=O) groups excluding carboxylic acids is 1. The van der Waals surface area contributed by atoms with E-state index in [4.69, 9.17) is 15.2 Å². The molecule has 0 saturated carbocycles. The summed E-state index contributed by atoms with van der Waals surface area (Å²) in [7, 11) is 7.88. The number of carboxylic acid groups (broad SMARTS) is 1. The van der Waals surface area contributed by atoms with Crippen LogP contribution in [0.2, 0.25) is 0 Å². The fourth-order valence-corrected chi connectivity index (χ4v) is 3.82. The molecule has 0 radical (unpaired) electrons. The van der Waals surface area contributed by atoms with Crippen molar-refractivity contribution in [2.75, 3.05) is 47.6 Å². The highest BCUT2D eigenvalue weighted by Crippen LogP contribution is 2.40. The van der Waals surface area contributed by atoms with Crippen molar-refractivity contribution in [3.63, 3.8) is 0 Å². The Balaban J connectivity index is 0.000000250. The van der Waals surface area contributed by atoms with Crippen LogP contribution < -0.4 is 15.2 Å². The van der Waals surface area contributed by atoms with Gasteiger partial charge in [-0.05, 0) is 24.7 Å². The number of nitrogens with zero attached hydrogens (tertiary/aromatic N) is 5. The molecule has 0 aliphatic rings. The molecular weight excluding hydrogens is 538 g/mol. The van der Waals surface area contributed by atoms with Crippen LogP contribution in [0.3, 0.4) is 0 Å². The van der Waals surface area contributed by atoms with Crippen LogP contribution >= 0.6 is 0 Å². The highest BCUT2D eigenvalue weighted by Gasteiger charge is 2.25. The Bertz CT molecular complexity index is 1520. The third kappa shape index (κ3) is 7.19. The number of carboxylic acids is 1. The predicted molar refractivity (Wildman–Crippen MR) is 149 cm³/mol. The molecule has 13 heteroatoms. The number of ether oxygens (including phenoxy) is 2. The number of pyridine rings is 1. The summed E-state index contributed by atoms with van der Waals surface area (Å²) in [6.07, 6.45) is 4.34.